The molecule has 0 aromatic carbocycles. The van der Waals surface area contributed by atoms with Gasteiger partial charge in [-0.15, -0.1) is 0 Å². The number of hydrogen-bond acceptors (Lipinski definition) is 0. The minimum Gasteiger partial charge on any atom is -1.00 e. The summed E-state index contributed by atoms with van der Waals surface area (Å²) in [4.78, 5) is 0. The molecule has 0 spiro atoms. The number of rotatable bonds is 3. The fourth-order valence-electron chi connectivity index (χ4n) is 2.00. The van der Waals surface area contributed by atoms with Gasteiger partial charge in [0.05, 0.1) is 0 Å². The van der Waals surface area contributed by atoms with Gasteiger partial charge in [0, 0.05) is 0 Å². The first-order chi connectivity index (χ1) is 4.46. The van der Waals surface area contributed by atoms with Crippen LogP contribution in [0.4, 0.5) is 0 Å². The fourth-order valence-corrected chi connectivity index (χ4v) is 8.25. The summed E-state index contributed by atoms with van der Waals surface area (Å²) < 4.78 is 3.00. The van der Waals surface area contributed by atoms with Crippen molar-refractivity contribution in [3.05, 3.63) is 0 Å². The molecule has 0 saturated heterocycles. The van der Waals surface area contributed by atoms with Gasteiger partial charge in [0.1, 0.15) is 0 Å². The summed E-state index contributed by atoms with van der Waals surface area (Å²) in [5.74, 6) is 0. The van der Waals surface area contributed by atoms with E-state index < -0.39 is 17.9 Å². The second-order valence-electron chi connectivity index (χ2n) is 3.96. The minimum atomic E-state index is -0.722. The van der Waals surface area contributed by atoms with Crippen LogP contribution in [-0.4, -0.2) is 0 Å². The van der Waals surface area contributed by atoms with E-state index >= 15 is 0 Å². The molecule has 11 heavy (non-hydrogen) atoms. The molecule has 0 amide bonds. The van der Waals surface area contributed by atoms with Crippen molar-refractivity contribution in [1.82, 2.24) is 0 Å². The Labute approximate surface area is 84.4 Å². The Morgan fingerprint density at radius 1 is 0.636 bits per heavy atom. The molecule has 0 atom stereocenters. The van der Waals surface area contributed by atoms with E-state index in [0.29, 0.717) is 0 Å². The van der Waals surface area contributed by atoms with Gasteiger partial charge < -0.3 is 12.4 Å². The zero-order chi connectivity index (χ0) is 8.31. The summed E-state index contributed by atoms with van der Waals surface area (Å²) in [6.07, 6.45) is 0. The molecule has 0 aliphatic rings. The van der Waals surface area contributed by atoms with Crippen molar-refractivity contribution in [3.8, 4) is 0 Å². The van der Waals surface area contributed by atoms with E-state index in [1.807, 2.05) is 0 Å². The van der Waals surface area contributed by atoms with Crippen molar-refractivity contribution >= 4 is 0 Å². The average molecular weight is 213 g/mol. The summed E-state index contributed by atoms with van der Waals surface area (Å²) in [7, 11) is 0. The molecule has 0 heterocycles. The Kier molecular flexibility index (Phi) is 8.60. The summed E-state index contributed by atoms with van der Waals surface area (Å²) in [5.41, 5.74) is 0. The molecule has 0 rings (SSSR count). The summed E-state index contributed by atoms with van der Waals surface area (Å²) >= 11 is -0.722. The van der Waals surface area contributed by atoms with Crippen molar-refractivity contribution in [1.29, 1.82) is 0 Å². The van der Waals surface area contributed by atoms with Gasteiger partial charge in [0.2, 0.25) is 0 Å². The first-order valence-corrected chi connectivity index (χ1v) is 7.03. The SMILES string of the molecule is C[CH](C)[Ti+]([CH](C)C)[CH](C)C.[Cl-]. The van der Waals surface area contributed by atoms with Gasteiger partial charge in [-0.05, 0) is 0 Å². The molecular formula is C9H21ClTi. The first-order valence-electron chi connectivity index (χ1n) is 4.33. The Morgan fingerprint density at radius 3 is 0.818 bits per heavy atom. The van der Waals surface area contributed by atoms with Gasteiger partial charge in [-0.2, -0.15) is 0 Å². The van der Waals surface area contributed by atoms with Crippen molar-refractivity contribution in [2.45, 2.75) is 54.2 Å². The maximum absolute atomic E-state index is 2.40. The van der Waals surface area contributed by atoms with Crippen LogP contribution in [0.3, 0.4) is 0 Å². The van der Waals surface area contributed by atoms with E-state index in [1.165, 1.54) is 0 Å². The maximum atomic E-state index is 2.40. The van der Waals surface area contributed by atoms with Gasteiger partial charge >= 0.3 is 72.1 Å². The Hall–Kier alpha value is 1.00. The third kappa shape index (κ3) is 5.28. The van der Waals surface area contributed by atoms with Gasteiger partial charge in [-0.1, -0.05) is 0 Å². The van der Waals surface area contributed by atoms with Crippen LogP contribution < -0.4 is 12.4 Å². The Balaban J connectivity index is 0. The van der Waals surface area contributed by atoms with E-state index in [4.69, 9.17) is 0 Å². The molecule has 68 valence electrons. The second-order valence-corrected chi connectivity index (χ2v) is 10.9. The minimum absolute atomic E-state index is 0. The summed E-state index contributed by atoms with van der Waals surface area (Å²) in [6, 6.07) is 0. The van der Waals surface area contributed by atoms with E-state index in [9.17, 15) is 0 Å². The monoisotopic (exact) mass is 212 g/mol. The van der Waals surface area contributed by atoms with Gasteiger partial charge in [0.15, 0.2) is 0 Å². The molecule has 0 radical (unpaired) electrons. The second kappa shape index (κ2) is 6.51. The van der Waals surface area contributed by atoms with Crippen LogP contribution in [0.2, 0.25) is 12.7 Å². The molecule has 2 heteroatoms. The number of hydrogen-bond donors (Lipinski definition) is 0. The van der Waals surface area contributed by atoms with Crippen LogP contribution in [-0.2, 0) is 17.9 Å². The Morgan fingerprint density at radius 2 is 0.818 bits per heavy atom. The zero-order valence-electron chi connectivity index (χ0n) is 8.61. The molecule has 0 saturated carbocycles. The Bertz CT molecular complexity index is 70.5. The van der Waals surface area contributed by atoms with Crippen LogP contribution in [0.15, 0.2) is 0 Å². The van der Waals surface area contributed by atoms with E-state index in [-0.39, 0.29) is 12.4 Å². The van der Waals surface area contributed by atoms with E-state index in [0.717, 1.165) is 12.7 Å². The predicted molar refractivity (Wildman–Crippen MR) is 45.3 cm³/mol. The molecule has 0 fully saturated rings. The van der Waals surface area contributed by atoms with Crippen molar-refractivity contribution in [2.24, 2.45) is 0 Å². The fraction of sp³-hybridized carbons (Fsp3) is 1.00. The molecule has 0 unspecified atom stereocenters. The topological polar surface area (TPSA) is 0 Å². The van der Waals surface area contributed by atoms with Gasteiger partial charge in [-0.3, -0.25) is 0 Å². The smallest absolute Gasteiger partial charge is 1.00 e. The van der Waals surface area contributed by atoms with Crippen molar-refractivity contribution in [2.75, 3.05) is 0 Å². The summed E-state index contributed by atoms with van der Waals surface area (Å²) in [5, 5.41) is 0. The maximum Gasteiger partial charge on any atom is -1.00 e. The zero-order valence-corrected chi connectivity index (χ0v) is 10.9. The van der Waals surface area contributed by atoms with Crippen LogP contribution >= 0.6 is 0 Å². The predicted octanol–water partition coefficient (Wildman–Crippen LogP) is 1.09. The van der Waals surface area contributed by atoms with Gasteiger partial charge in [0.25, 0.3) is 0 Å². The average Bonchev–Trinajstić information content (AvgIpc) is 1.59. The third-order valence-corrected chi connectivity index (χ3v) is 8.25. The molecular weight excluding hydrogens is 191 g/mol. The molecule has 0 nitrogen and oxygen atoms in total. The summed E-state index contributed by atoms with van der Waals surface area (Å²) in [6.45, 7) is 14.4. The van der Waals surface area contributed by atoms with Crippen molar-refractivity contribution in [3.63, 3.8) is 0 Å². The van der Waals surface area contributed by atoms with Crippen LogP contribution in [0.5, 0.6) is 0 Å². The molecule has 0 aromatic heterocycles. The molecule has 0 aliphatic heterocycles. The normalized spacial score (nSPS) is 10.6. The first kappa shape index (κ1) is 14.5. The van der Waals surface area contributed by atoms with Crippen LogP contribution in [0.25, 0.3) is 0 Å². The van der Waals surface area contributed by atoms with Crippen LogP contribution in [0, 0.1) is 0 Å². The van der Waals surface area contributed by atoms with E-state index in [2.05, 4.69) is 41.5 Å². The standard InChI is InChI=1S/3C3H7.ClH.Ti/c3*1-3-2;;/h3*3H,1-2H3;1H;/q;;;;+1/p-1. The molecule has 0 N–H and O–H groups in total. The van der Waals surface area contributed by atoms with Crippen LogP contribution in [0.1, 0.15) is 41.5 Å². The molecule has 0 aromatic rings. The number of halogens is 1. The largest absolute Gasteiger partial charge is 1.00 e. The quantitative estimate of drug-likeness (QED) is 0.615. The van der Waals surface area contributed by atoms with E-state index in [1.54, 1.807) is 0 Å². The third-order valence-electron chi connectivity index (χ3n) is 2.00. The molecule has 0 bridgehead atoms. The van der Waals surface area contributed by atoms with Crippen molar-refractivity contribution < 1.29 is 30.3 Å². The molecule has 0 aliphatic carbocycles. The van der Waals surface area contributed by atoms with Gasteiger partial charge in [-0.25, -0.2) is 0 Å².